The fourth-order valence-corrected chi connectivity index (χ4v) is 5.57. The summed E-state index contributed by atoms with van der Waals surface area (Å²) >= 11 is 18.8. The van der Waals surface area contributed by atoms with E-state index in [1.165, 1.54) is 4.31 Å². The molecular weight excluding hydrogens is 517 g/mol. The van der Waals surface area contributed by atoms with Gasteiger partial charge in [-0.3, -0.25) is 4.31 Å². The lowest BCUT2D eigenvalue weighted by molar-refractivity contribution is 0.458. The average molecular weight is 537 g/mol. The van der Waals surface area contributed by atoms with Crippen LogP contribution in [0.5, 0.6) is 0 Å². The number of hydrogen-bond donors (Lipinski definition) is 0. The number of aryl methyl sites for hydroxylation is 1. The Morgan fingerprint density at radius 2 is 1.41 bits per heavy atom. The lowest BCUT2D eigenvalue weighted by atomic mass is 10.1. The summed E-state index contributed by atoms with van der Waals surface area (Å²) in [6.07, 6.45) is 0.215. The van der Waals surface area contributed by atoms with Crippen molar-refractivity contribution in [3.8, 4) is 0 Å². The molecule has 0 fully saturated rings. The Hall–Kier alpha value is -2.58. The van der Waals surface area contributed by atoms with Gasteiger partial charge in [0.1, 0.15) is 6.54 Å². The summed E-state index contributed by atoms with van der Waals surface area (Å²) in [6, 6.07) is 16.9. The van der Waals surface area contributed by atoms with Crippen LogP contribution in [-0.2, 0) is 23.0 Å². The van der Waals surface area contributed by atoms with Gasteiger partial charge < -0.3 is 4.42 Å². The molecule has 1 aromatic heterocycles. The number of rotatable bonds is 7. The van der Waals surface area contributed by atoms with E-state index in [1.54, 1.807) is 67.6 Å². The van der Waals surface area contributed by atoms with Crippen LogP contribution in [0.25, 0.3) is 0 Å². The van der Waals surface area contributed by atoms with E-state index in [2.05, 4.69) is 10.2 Å². The summed E-state index contributed by atoms with van der Waals surface area (Å²) in [5.74, 6) is 0.383. The van der Waals surface area contributed by atoms with Crippen LogP contribution in [0.2, 0.25) is 15.1 Å². The highest BCUT2D eigenvalue weighted by atomic mass is 35.5. The lowest BCUT2D eigenvalue weighted by Crippen LogP contribution is -2.31. The standard InChI is InChI=1S/C24H20Cl3N3O3S/c1-15-9-11-17(12-10-15)34(31,32)30(22-8-4-5-19(25)16(22)2)14-24-29-28-23(33-24)13-18-20(26)6-3-7-21(18)27/h3-12H,13-14H2,1-2H3. The number of anilines is 1. The van der Waals surface area contributed by atoms with Crippen molar-refractivity contribution in [3.05, 3.63) is 104 Å². The summed E-state index contributed by atoms with van der Waals surface area (Å²) in [4.78, 5) is 0.139. The summed E-state index contributed by atoms with van der Waals surface area (Å²) in [5.41, 5.74) is 2.63. The predicted octanol–water partition coefficient (Wildman–Crippen LogP) is 6.63. The average Bonchev–Trinajstić information content (AvgIpc) is 3.24. The lowest BCUT2D eigenvalue weighted by Gasteiger charge is -2.25. The fourth-order valence-electron chi connectivity index (χ4n) is 3.40. The van der Waals surface area contributed by atoms with Gasteiger partial charge in [-0.25, -0.2) is 8.42 Å². The zero-order valence-electron chi connectivity index (χ0n) is 18.3. The first-order chi connectivity index (χ1) is 16.2. The van der Waals surface area contributed by atoms with Gasteiger partial charge in [0.2, 0.25) is 11.8 Å². The molecule has 34 heavy (non-hydrogen) atoms. The topological polar surface area (TPSA) is 76.3 Å². The highest BCUT2D eigenvalue weighted by Gasteiger charge is 2.29. The molecule has 0 saturated heterocycles. The van der Waals surface area contributed by atoms with E-state index < -0.39 is 10.0 Å². The van der Waals surface area contributed by atoms with E-state index in [9.17, 15) is 8.42 Å². The quantitative estimate of drug-likeness (QED) is 0.265. The van der Waals surface area contributed by atoms with Crippen LogP contribution in [0.3, 0.4) is 0 Å². The maximum Gasteiger partial charge on any atom is 0.264 e. The van der Waals surface area contributed by atoms with Crippen molar-refractivity contribution in [1.82, 2.24) is 10.2 Å². The van der Waals surface area contributed by atoms with E-state index in [-0.39, 0.29) is 29.6 Å². The van der Waals surface area contributed by atoms with Gasteiger partial charge in [0, 0.05) is 15.1 Å². The number of benzene rings is 3. The number of sulfonamides is 1. The molecule has 0 spiro atoms. The molecule has 0 amide bonds. The van der Waals surface area contributed by atoms with Gasteiger partial charge in [-0.2, -0.15) is 0 Å². The molecule has 0 aliphatic rings. The zero-order chi connectivity index (χ0) is 24.5. The Labute approximate surface area is 213 Å². The first-order valence-electron chi connectivity index (χ1n) is 10.3. The largest absolute Gasteiger partial charge is 0.423 e. The SMILES string of the molecule is Cc1ccc(S(=O)(=O)N(Cc2nnc(Cc3c(Cl)cccc3Cl)o2)c2cccc(Cl)c2C)cc1. The molecule has 1 heterocycles. The smallest absolute Gasteiger partial charge is 0.264 e. The van der Waals surface area contributed by atoms with Crippen LogP contribution in [-0.4, -0.2) is 18.6 Å². The molecule has 0 saturated carbocycles. The molecule has 176 valence electrons. The second-order valence-corrected chi connectivity index (χ2v) is 10.8. The minimum Gasteiger partial charge on any atom is -0.423 e. The highest BCUT2D eigenvalue weighted by Crippen LogP contribution is 2.32. The Balaban J connectivity index is 1.71. The third-order valence-corrected chi connectivity index (χ3v) is 8.19. The van der Waals surface area contributed by atoms with Gasteiger partial charge in [-0.1, -0.05) is 64.6 Å². The molecule has 0 atom stereocenters. The maximum absolute atomic E-state index is 13.7. The molecule has 0 radical (unpaired) electrons. The summed E-state index contributed by atoms with van der Waals surface area (Å²) < 4.78 is 34.3. The highest BCUT2D eigenvalue weighted by molar-refractivity contribution is 7.92. The van der Waals surface area contributed by atoms with Gasteiger partial charge >= 0.3 is 0 Å². The monoisotopic (exact) mass is 535 g/mol. The van der Waals surface area contributed by atoms with Crippen LogP contribution in [0, 0.1) is 13.8 Å². The van der Waals surface area contributed by atoms with E-state index in [4.69, 9.17) is 39.2 Å². The van der Waals surface area contributed by atoms with E-state index in [0.717, 1.165) is 5.56 Å². The molecule has 0 N–H and O–H groups in total. The predicted molar refractivity (Wildman–Crippen MR) is 134 cm³/mol. The van der Waals surface area contributed by atoms with Crippen molar-refractivity contribution in [2.24, 2.45) is 0 Å². The third kappa shape index (κ3) is 5.08. The molecule has 0 aliphatic carbocycles. The van der Waals surface area contributed by atoms with E-state index in [0.29, 0.717) is 31.9 Å². The van der Waals surface area contributed by atoms with Crippen molar-refractivity contribution in [2.75, 3.05) is 4.31 Å². The van der Waals surface area contributed by atoms with Crippen molar-refractivity contribution in [3.63, 3.8) is 0 Å². The van der Waals surface area contributed by atoms with Crippen LogP contribution in [0.1, 0.15) is 28.5 Å². The molecule has 4 aromatic rings. The summed E-state index contributed by atoms with van der Waals surface area (Å²) in [5, 5.41) is 9.53. The molecule has 6 nitrogen and oxygen atoms in total. The maximum atomic E-state index is 13.7. The van der Waals surface area contributed by atoms with Crippen LogP contribution >= 0.6 is 34.8 Å². The summed E-state index contributed by atoms with van der Waals surface area (Å²) in [6.45, 7) is 3.47. The summed E-state index contributed by atoms with van der Waals surface area (Å²) in [7, 11) is -3.97. The first-order valence-corrected chi connectivity index (χ1v) is 12.8. The van der Waals surface area contributed by atoms with Crippen molar-refractivity contribution < 1.29 is 12.8 Å². The Kier molecular flexibility index (Phi) is 7.19. The third-order valence-electron chi connectivity index (χ3n) is 5.29. The molecule has 10 heteroatoms. The van der Waals surface area contributed by atoms with Crippen LogP contribution in [0.4, 0.5) is 5.69 Å². The molecule has 4 rings (SSSR count). The van der Waals surface area contributed by atoms with Gasteiger partial charge in [0.15, 0.2) is 0 Å². The molecule has 3 aromatic carbocycles. The number of halogens is 3. The number of aromatic nitrogens is 2. The van der Waals surface area contributed by atoms with E-state index >= 15 is 0 Å². The van der Waals surface area contributed by atoms with E-state index in [1.807, 2.05) is 6.92 Å². The molecule has 0 unspecified atom stereocenters. The molecular formula is C24H20Cl3N3O3S. The minimum atomic E-state index is -3.97. The van der Waals surface area contributed by atoms with Gasteiger partial charge in [-0.05, 0) is 61.4 Å². The Morgan fingerprint density at radius 3 is 2.09 bits per heavy atom. The van der Waals surface area contributed by atoms with Crippen molar-refractivity contribution >= 4 is 50.5 Å². The fraction of sp³-hybridized carbons (Fsp3) is 0.167. The van der Waals surface area contributed by atoms with Gasteiger partial charge in [0.05, 0.1) is 17.0 Å². The van der Waals surface area contributed by atoms with Crippen molar-refractivity contribution in [2.45, 2.75) is 31.7 Å². The van der Waals surface area contributed by atoms with Gasteiger partial charge in [-0.15, -0.1) is 10.2 Å². The Bertz CT molecular complexity index is 1420. The van der Waals surface area contributed by atoms with Crippen LogP contribution < -0.4 is 4.31 Å². The second-order valence-electron chi connectivity index (χ2n) is 7.68. The number of hydrogen-bond acceptors (Lipinski definition) is 5. The normalized spacial score (nSPS) is 11.6. The zero-order valence-corrected chi connectivity index (χ0v) is 21.4. The molecule has 0 bridgehead atoms. The first kappa shape index (κ1) is 24.5. The van der Waals surface area contributed by atoms with Crippen LogP contribution in [0.15, 0.2) is 70.0 Å². The minimum absolute atomic E-state index is 0.119. The number of nitrogens with zero attached hydrogens (tertiary/aromatic N) is 3. The van der Waals surface area contributed by atoms with Crippen molar-refractivity contribution in [1.29, 1.82) is 0 Å². The second kappa shape index (κ2) is 9.96. The van der Waals surface area contributed by atoms with Gasteiger partial charge in [0.25, 0.3) is 10.0 Å². The Morgan fingerprint density at radius 1 is 0.824 bits per heavy atom. The molecule has 0 aliphatic heterocycles.